The van der Waals surface area contributed by atoms with Gasteiger partial charge in [0, 0.05) is 10.9 Å². The summed E-state index contributed by atoms with van der Waals surface area (Å²) in [5.41, 5.74) is 1.24. The molecule has 1 atom stereocenters. The predicted octanol–water partition coefficient (Wildman–Crippen LogP) is 3.36. The zero-order valence-corrected chi connectivity index (χ0v) is 9.16. The summed E-state index contributed by atoms with van der Waals surface area (Å²) in [4.78, 5) is 1.40. The minimum Gasteiger partial charge on any atom is -0.309 e. The van der Waals surface area contributed by atoms with Crippen LogP contribution >= 0.6 is 11.3 Å². The Hall–Kier alpha value is -0.600. The number of rotatable bonds is 5. The second-order valence-corrected chi connectivity index (χ2v) is 4.38. The smallest absolute Gasteiger partial charge is 0.0386 e. The molecule has 1 aromatic heterocycles. The summed E-state index contributed by atoms with van der Waals surface area (Å²) >= 11 is 1.80. The van der Waals surface area contributed by atoms with E-state index in [1.54, 1.807) is 11.3 Å². The minimum absolute atomic E-state index is 0.472. The van der Waals surface area contributed by atoms with Crippen molar-refractivity contribution in [2.45, 2.75) is 26.3 Å². The van der Waals surface area contributed by atoms with Crippen LogP contribution in [-0.4, -0.2) is 6.54 Å². The molecule has 0 spiro atoms. The molecule has 1 rings (SSSR count). The fourth-order valence-electron chi connectivity index (χ4n) is 1.14. The fourth-order valence-corrected chi connectivity index (χ4v) is 1.90. The van der Waals surface area contributed by atoms with E-state index in [2.05, 4.69) is 43.3 Å². The van der Waals surface area contributed by atoms with Gasteiger partial charge in [-0.05, 0) is 38.3 Å². The molecular weight excluding hydrogens is 178 g/mol. The number of thiophene rings is 1. The van der Waals surface area contributed by atoms with Crippen LogP contribution in [0.2, 0.25) is 0 Å². The van der Waals surface area contributed by atoms with Gasteiger partial charge in [0.2, 0.25) is 0 Å². The summed E-state index contributed by atoms with van der Waals surface area (Å²) in [6.07, 6.45) is 1.07. The van der Waals surface area contributed by atoms with E-state index in [0.717, 1.165) is 13.0 Å². The van der Waals surface area contributed by atoms with Crippen molar-refractivity contribution in [3.63, 3.8) is 0 Å². The van der Waals surface area contributed by atoms with Gasteiger partial charge in [0.05, 0.1) is 0 Å². The highest BCUT2D eigenvalue weighted by Crippen LogP contribution is 2.17. The lowest BCUT2D eigenvalue weighted by molar-refractivity contribution is 0.584. The Bertz CT molecular complexity index is 251. The Morgan fingerprint density at radius 3 is 3.00 bits per heavy atom. The van der Waals surface area contributed by atoms with Crippen molar-refractivity contribution >= 4 is 11.3 Å². The first kappa shape index (κ1) is 10.5. The maximum Gasteiger partial charge on any atom is 0.0386 e. The quantitative estimate of drug-likeness (QED) is 0.710. The van der Waals surface area contributed by atoms with Crippen molar-refractivity contribution < 1.29 is 0 Å². The highest BCUT2D eigenvalue weighted by atomic mass is 32.1. The Morgan fingerprint density at radius 1 is 1.69 bits per heavy atom. The molecule has 0 unspecified atom stereocenters. The first-order valence-corrected chi connectivity index (χ1v) is 5.49. The lowest BCUT2D eigenvalue weighted by Gasteiger charge is -2.11. The topological polar surface area (TPSA) is 12.0 Å². The van der Waals surface area contributed by atoms with Crippen LogP contribution in [0.1, 0.15) is 31.2 Å². The number of hydrogen-bond donors (Lipinski definition) is 1. The summed E-state index contributed by atoms with van der Waals surface area (Å²) in [5, 5.41) is 5.58. The second kappa shape index (κ2) is 5.20. The Morgan fingerprint density at radius 2 is 2.46 bits per heavy atom. The van der Waals surface area contributed by atoms with Gasteiger partial charge >= 0.3 is 0 Å². The Balaban J connectivity index is 2.26. The molecule has 0 amide bonds. The lowest BCUT2D eigenvalue weighted by Crippen LogP contribution is -2.18. The molecule has 1 nitrogen and oxygen atoms in total. The van der Waals surface area contributed by atoms with Crippen LogP contribution in [0.4, 0.5) is 0 Å². The van der Waals surface area contributed by atoms with Gasteiger partial charge in [-0.25, -0.2) is 0 Å². The zero-order chi connectivity index (χ0) is 9.68. The van der Waals surface area contributed by atoms with Crippen molar-refractivity contribution in [1.82, 2.24) is 5.32 Å². The van der Waals surface area contributed by atoms with Crippen molar-refractivity contribution in [2.75, 3.05) is 6.54 Å². The maximum atomic E-state index is 3.88. The van der Waals surface area contributed by atoms with Crippen LogP contribution in [-0.2, 0) is 0 Å². The molecule has 0 saturated heterocycles. The molecule has 1 heterocycles. The minimum atomic E-state index is 0.472. The molecule has 0 fully saturated rings. The molecular formula is C11H17NS. The molecule has 1 N–H and O–H groups in total. The molecule has 0 aromatic carbocycles. The first-order valence-electron chi connectivity index (χ1n) is 4.61. The van der Waals surface area contributed by atoms with Gasteiger partial charge in [-0.2, -0.15) is 0 Å². The van der Waals surface area contributed by atoms with E-state index in [9.17, 15) is 0 Å². The van der Waals surface area contributed by atoms with Crippen molar-refractivity contribution in [1.29, 1.82) is 0 Å². The van der Waals surface area contributed by atoms with Gasteiger partial charge < -0.3 is 5.32 Å². The monoisotopic (exact) mass is 195 g/mol. The maximum absolute atomic E-state index is 3.88. The number of nitrogens with one attached hydrogen (secondary N) is 1. The van der Waals surface area contributed by atoms with Gasteiger partial charge in [-0.15, -0.1) is 17.9 Å². The van der Waals surface area contributed by atoms with Gasteiger partial charge in [-0.1, -0.05) is 11.6 Å². The molecule has 0 radical (unpaired) electrons. The summed E-state index contributed by atoms with van der Waals surface area (Å²) in [6.45, 7) is 9.17. The van der Waals surface area contributed by atoms with Crippen molar-refractivity contribution in [3.05, 3.63) is 34.5 Å². The summed E-state index contributed by atoms with van der Waals surface area (Å²) < 4.78 is 0. The summed E-state index contributed by atoms with van der Waals surface area (Å²) in [7, 11) is 0. The van der Waals surface area contributed by atoms with Crippen LogP contribution in [0.15, 0.2) is 29.7 Å². The summed E-state index contributed by atoms with van der Waals surface area (Å²) in [6, 6.07) is 4.74. The SMILES string of the molecule is C=C(C)CCN[C@H](C)c1cccs1. The van der Waals surface area contributed by atoms with Crippen molar-refractivity contribution in [3.8, 4) is 0 Å². The van der Waals surface area contributed by atoms with Gasteiger partial charge in [0.15, 0.2) is 0 Å². The van der Waals surface area contributed by atoms with Crippen molar-refractivity contribution in [2.24, 2.45) is 0 Å². The normalized spacial score (nSPS) is 12.8. The molecule has 0 aliphatic rings. The third-order valence-electron chi connectivity index (χ3n) is 1.97. The zero-order valence-electron chi connectivity index (χ0n) is 8.34. The third-order valence-corrected chi connectivity index (χ3v) is 3.03. The predicted molar refractivity (Wildman–Crippen MR) is 60.2 cm³/mol. The average Bonchev–Trinajstić information content (AvgIpc) is 2.55. The molecule has 0 bridgehead atoms. The molecule has 72 valence electrons. The lowest BCUT2D eigenvalue weighted by atomic mass is 10.2. The van der Waals surface area contributed by atoms with E-state index in [4.69, 9.17) is 0 Å². The molecule has 0 aliphatic carbocycles. The average molecular weight is 195 g/mol. The van der Waals surface area contributed by atoms with E-state index in [1.807, 2.05) is 0 Å². The standard InChI is InChI=1S/C11H17NS/c1-9(2)6-7-12-10(3)11-5-4-8-13-11/h4-5,8,10,12H,1,6-7H2,2-3H3/t10-/m1/s1. The Labute approximate surface area is 84.5 Å². The number of hydrogen-bond acceptors (Lipinski definition) is 2. The first-order chi connectivity index (χ1) is 6.20. The van der Waals surface area contributed by atoms with Crippen LogP contribution < -0.4 is 5.32 Å². The van der Waals surface area contributed by atoms with E-state index in [0.29, 0.717) is 6.04 Å². The third kappa shape index (κ3) is 3.75. The fraction of sp³-hybridized carbons (Fsp3) is 0.455. The molecule has 0 saturated carbocycles. The van der Waals surface area contributed by atoms with Crippen LogP contribution in [0.25, 0.3) is 0 Å². The second-order valence-electron chi connectivity index (χ2n) is 3.40. The highest BCUT2D eigenvalue weighted by molar-refractivity contribution is 7.10. The molecule has 0 aliphatic heterocycles. The van der Waals surface area contributed by atoms with Crippen LogP contribution in [0, 0.1) is 0 Å². The highest BCUT2D eigenvalue weighted by Gasteiger charge is 2.03. The van der Waals surface area contributed by atoms with E-state index >= 15 is 0 Å². The van der Waals surface area contributed by atoms with Gasteiger partial charge in [0.1, 0.15) is 0 Å². The van der Waals surface area contributed by atoms with Crippen LogP contribution in [0.3, 0.4) is 0 Å². The van der Waals surface area contributed by atoms with E-state index in [1.165, 1.54) is 10.5 Å². The molecule has 1 aromatic rings. The van der Waals surface area contributed by atoms with Gasteiger partial charge in [-0.3, -0.25) is 0 Å². The van der Waals surface area contributed by atoms with Crippen LogP contribution in [0.5, 0.6) is 0 Å². The van der Waals surface area contributed by atoms with Gasteiger partial charge in [0.25, 0.3) is 0 Å². The van der Waals surface area contributed by atoms with E-state index < -0.39 is 0 Å². The Kier molecular flexibility index (Phi) is 4.19. The van der Waals surface area contributed by atoms with E-state index in [-0.39, 0.29) is 0 Å². The molecule has 2 heteroatoms. The molecule has 13 heavy (non-hydrogen) atoms. The summed E-state index contributed by atoms with van der Waals surface area (Å²) in [5.74, 6) is 0. The largest absolute Gasteiger partial charge is 0.309 e.